The molecule has 29 heavy (non-hydrogen) atoms. The van der Waals surface area contributed by atoms with E-state index in [1.165, 1.54) is 0 Å². The van der Waals surface area contributed by atoms with Crippen LogP contribution in [0.2, 0.25) is 0 Å². The van der Waals surface area contributed by atoms with Crippen molar-refractivity contribution in [1.29, 1.82) is 0 Å². The Labute approximate surface area is 191 Å². The molecule has 1 amide bonds. The van der Waals surface area contributed by atoms with Crippen molar-refractivity contribution in [3.63, 3.8) is 0 Å². The zero-order valence-corrected chi connectivity index (χ0v) is 20.0. The predicted octanol–water partition coefficient (Wildman–Crippen LogP) is 2.21. The maximum absolute atomic E-state index is 11.9. The molecule has 0 bridgehead atoms. The van der Waals surface area contributed by atoms with E-state index in [1.54, 1.807) is 7.05 Å². The molecular weight excluding hydrogens is 481 g/mol. The van der Waals surface area contributed by atoms with Gasteiger partial charge in [0.1, 0.15) is 0 Å². The van der Waals surface area contributed by atoms with Gasteiger partial charge in [0.25, 0.3) is 0 Å². The number of guanidine groups is 1. The van der Waals surface area contributed by atoms with Gasteiger partial charge in [-0.15, -0.1) is 24.0 Å². The first kappa shape index (κ1) is 23.9. The molecule has 0 aromatic heterocycles. The number of hydrogen-bond donors (Lipinski definition) is 2. The molecule has 8 heteroatoms. The minimum Gasteiger partial charge on any atom is -0.379 e. The van der Waals surface area contributed by atoms with E-state index in [0.717, 1.165) is 56.5 Å². The summed E-state index contributed by atoms with van der Waals surface area (Å²) in [6.07, 6.45) is 1.61. The van der Waals surface area contributed by atoms with E-state index >= 15 is 0 Å². The molecule has 7 nitrogen and oxygen atoms in total. The van der Waals surface area contributed by atoms with Crippen LogP contribution in [0.3, 0.4) is 0 Å². The molecule has 2 aliphatic heterocycles. The van der Waals surface area contributed by atoms with E-state index in [4.69, 9.17) is 4.74 Å². The third-order valence-electron chi connectivity index (χ3n) is 5.56. The van der Waals surface area contributed by atoms with Crippen LogP contribution < -0.4 is 15.5 Å². The average Bonchev–Trinajstić information content (AvgIpc) is 3.14. The molecule has 2 heterocycles. The Morgan fingerprint density at radius 2 is 2.03 bits per heavy atom. The van der Waals surface area contributed by atoms with E-state index in [9.17, 15) is 4.79 Å². The zero-order chi connectivity index (χ0) is 19.9. The van der Waals surface area contributed by atoms with Gasteiger partial charge in [-0.3, -0.25) is 14.7 Å². The summed E-state index contributed by atoms with van der Waals surface area (Å²) < 4.78 is 5.52. The van der Waals surface area contributed by atoms with Crippen LogP contribution >= 0.6 is 24.0 Å². The summed E-state index contributed by atoms with van der Waals surface area (Å²) in [5.74, 6) is 1.02. The van der Waals surface area contributed by atoms with E-state index in [2.05, 4.69) is 46.5 Å². The lowest BCUT2D eigenvalue weighted by atomic mass is 10.2. The van der Waals surface area contributed by atoms with Gasteiger partial charge in [0, 0.05) is 57.4 Å². The lowest BCUT2D eigenvalue weighted by Gasteiger charge is -2.38. The molecule has 162 valence electrons. The molecule has 0 radical (unpaired) electrons. The van der Waals surface area contributed by atoms with Crippen LogP contribution in [0.15, 0.2) is 29.3 Å². The fraction of sp³-hybridized carbons (Fsp3) is 0.619. The van der Waals surface area contributed by atoms with Gasteiger partial charge in [0.05, 0.1) is 13.2 Å². The van der Waals surface area contributed by atoms with Gasteiger partial charge in [-0.1, -0.05) is 12.1 Å². The van der Waals surface area contributed by atoms with Gasteiger partial charge in [0.2, 0.25) is 5.91 Å². The lowest BCUT2D eigenvalue weighted by Crippen LogP contribution is -2.52. The van der Waals surface area contributed by atoms with Crippen LogP contribution in [0.5, 0.6) is 0 Å². The molecule has 2 aliphatic rings. The Balaban J connectivity index is 0.00000300. The third-order valence-corrected chi connectivity index (χ3v) is 5.56. The number of nitrogens with one attached hydrogen (secondary N) is 2. The zero-order valence-electron chi connectivity index (χ0n) is 17.7. The molecule has 0 saturated carbocycles. The lowest BCUT2D eigenvalue weighted by molar-refractivity contribution is -0.117. The fourth-order valence-corrected chi connectivity index (χ4v) is 3.88. The summed E-state index contributed by atoms with van der Waals surface area (Å²) in [4.78, 5) is 20.5. The number of halogens is 1. The largest absolute Gasteiger partial charge is 0.379 e. The third kappa shape index (κ3) is 6.55. The standard InChI is InChI=1S/C21H33N5O2.HI/c1-16(25-11-12-28-15-17(25)2)13-23-21(22-3)24-14-18-6-8-19(9-7-18)26-10-4-5-20(26)27;/h6-9,16-17H,4-5,10-15H2,1-3H3,(H2,22,23,24);1H. The highest BCUT2D eigenvalue weighted by molar-refractivity contribution is 14.0. The second-order valence-corrected chi connectivity index (χ2v) is 7.63. The molecule has 2 fully saturated rings. The normalized spacial score (nSPS) is 21.6. The molecular formula is C21H34IN5O2. The summed E-state index contributed by atoms with van der Waals surface area (Å²) in [5, 5.41) is 6.79. The van der Waals surface area contributed by atoms with Crippen LogP contribution in [0.25, 0.3) is 0 Å². The van der Waals surface area contributed by atoms with Crippen LogP contribution in [0.1, 0.15) is 32.3 Å². The van der Waals surface area contributed by atoms with Crippen LogP contribution in [0, 0.1) is 0 Å². The molecule has 1 aromatic rings. The van der Waals surface area contributed by atoms with Crippen LogP contribution in [-0.2, 0) is 16.1 Å². The first-order valence-corrected chi connectivity index (χ1v) is 10.3. The van der Waals surface area contributed by atoms with Gasteiger partial charge < -0.3 is 20.3 Å². The highest BCUT2D eigenvalue weighted by Gasteiger charge is 2.23. The Hall–Kier alpha value is -1.39. The van der Waals surface area contributed by atoms with E-state index < -0.39 is 0 Å². The number of amides is 1. The number of carbonyl (C=O) groups excluding carboxylic acids is 1. The quantitative estimate of drug-likeness (QED) is 0.346. The summed E-state index contributed by atoms with van der Waals surface area (Å²) in [6, 6.07) is 9.05. The first-order chi connectivity index (χ1) is 13.6. The molecule has 2 atom stereocenters. The van der Waals surface area contributed by atoms with Crippen molar-refractivity contribution in [1.82, 2.24) is 15.5 Å². The van der Waals surface area contributed by atoms with Crippen molar-refractivity contribution in [2.75, 3.05) is 44.8 Å². The van der Waals surface area contributed by atoms with E-state index in [0.29, 0.717) is 25.0 Å². The Morgan fingerprint density at radius 3 is 2.66 bits per heavy atom. The van der Waals surface area contributed by atoms with Gasteiger partial charge in [-0.05, 0) is 38.0 Å². The minimum atomic E-state index is 0. The number of rotatable bonds is 6. The molecule has 2 saturated heterocycles. The van der Waals surface area contributed by atoms with Crippen molar-refractivity contribution in [3.05, 3.63) is 29.8 Å². The van der Waals surface area contributed by atoms with E-state index in [-0.39, 0.29) is 29.9 Å². The topological polar surface area (TPSA) is 69.2 Å². The van der Waals surface area contributed by atoms with Gasteiger partial charge in [0.15, 0.2) is 5.96 Å². The monoisotopic (exact) mass is 515 g/mol. The minimum absolute atomic E-state index is 0. The second kappa shape index (κ2) is 11.7. The maximum atomic E-state index is 11.9. The maximum Gasteiger partial charge on any atom is 0.227 e. The molecule has 0 aliphatic carbocycles. The van der Waals surface area contributed by atoms with Crippen molar-refractivity contribution in [3.8, 4) is 0 Å². The van der Waals surface area contributed by atoms with Gasteiger partial charge in [-0.25, -0.2) is 0 Å². The number of ether oxygens (including phenoxy) is 1. The molecule has 3 rings (SSSR count). The number of benzene rings is 1. The second-order valence-electron chi connectivity index (χ2n) is 7.63. The average molecular weight is 515 g/mol. The molecule has 0 spiro atoms. The number of carbonyl (C=O) groups is 1. The number of aliphatic imine (C=N–C) groups is 1. The van der Waals surface area contributed by atoms with Gasteiger partial charge >= 0.3 is 0 Å². The van der Waals surface area contributed by atoms with E-state index in [1.807, 2.05) is 17.0 Å². The summed E-state index contributed by atoms with van der Waals surface area (Å²) in [5.41, 5.74) is 2.15. The highest BCUT2D eigenvalue weighted by Crippen LogP contribution is 2.21. The molecule has 2 N–H and O–H groups in total. The van der Waals surface area contributed by atoms with Crippen LogP contribution in [-0.4, -0.2) is 68.7 Å². The summed E-state index contributed by atoms with van der Waals surface area (Å²) in [6.45, 7) is 9.38. The van der Waals surface area contributed by atoms with Crippen LogP contribution in [0.4, 0.5) is 5.69 Å². The highest BCUT2D eigenvalue weighted by atomic mass is 127. The Morgan fingerprint density at radius 1 is 1.28 bits per heavy atom. The van der Waals surface area contributed by atoms with Gasteiger partial charge in [-0.2, -0.15) is 0 Å². The van der Waals surface area contributed by atoms with Crippen molar-refractivity contribution in [2.24, 2.45) is 4.99 Å². The number of nitrogens with zero attached hydrogens (tertiary/aromatic N) is 3. The van der Waals surface area contributed by atoms with Crippen molar-refractivity contribution < 1.29 is 9.53 Å². The predicted molar refractivity (Wildman–Crippen MR) is 128 cm³/mol. The Kier molecular flexibility index (Phi) is 9.64. The number of morpholine rings is 1. The SMILES string of the molecule is CN=C(NCc1ccc(N2CCCC2=O)cc1)NCC(C)N1CCOCC1C.I. The van der Waals surface area contributed by atoms with Crippen molar-refractivity contribution >= 4 is 41.5 Å². The molecule has 1 aromatic carbocycles. The number of hydrogen-bond acceptors (Lipinski definition) is 4. The first-order valence-electron chi connectivity index (χ1n) is 10.3. The fourth-order valence-electron chi connectivity index (χ4n) is 3.88. The summed E-state index contributed by atoms with van der Waals surface area (Å²) in [7, 11) is 1.79. The van der Waals surface area contributed by atoms with Crippen molar-refractivity contribution in [2.45, 2.75) is 45.3 Å². The summed E-state index contributed by atoms with van der Waals surface area (Å²) >= 11 is 0. The smallest absolute Gasteiger partial charge is 0.227 e. The Bertz CT molecular complexity index is 682. The molecule has 2 unspecified atom stereocenters. The number of anilines is 1.